The highest BCUT2D eigenvalue weighted by atomic mass is 79.9. The first-order valence-electron chi connectivity index (χ1n) is 5.47. The van der Waals surface area contributed by atoms with E-state index in [0.29, 0.717) is 25.1 Å². The molecule has 0 aliphatic carbocycles. The van der Waals surface area contributed by atoms with Gasteiger partial charge < -0.3 is 10.2 Å². The van der Waals surface area contributed by atoms with Crippen LogP contribution in [0.5, 0.6) is 0 Å². The van der Waals surface area contributed by atoms with Crippen LogP contribution in [0.2, 0.25) is 0 Å². The monoisotopic (exact) mass is 296 g/mol. The van der Waals surface area contributed by atoms with Gasteiger partial charge in [-0.05, 0) is 18.2 Å². The molecule has 1 aromatic rings. The first kappa shape index (κ1) is 12.1. The van der Waals surface area contributed by atoms with Crippen molar-refractivity contribution >= 4 is 33.8 Å². The number of carbonyl (C=O) groups excluding carboxylic acids is 2. The van der Waals surface area contributed by atoms with Gasteiger partial charge in [0.05, 0.1) is 0 Å². The van der Waals surface area contributed by atoms with Gasteiger partial charge in [-0.1, -0.05) is 15.9 Å². The summed E-state index contributed by atoms with van der Waals surface area (Å²) in [6.45, 7) is 2.00. The summed E-state index contributed by atoms with van der Waals surface area (Å²) in [5.74, 6) is 0.0669. The average molecular weight is 297 g/mol. The van der Waals surface area contributed by atoms with Crippen LogP contribution < -0.4 is 10.2 Å². The van der Waals surface area contributed by atoms with Gasteiger partial charge in [-0.15, -0.1) is 0 Å². The van der Waals surface area contributed by atoms with E-state index in [2.05, 4.69) is 26.1 Å². The predicted molar refractivity (Wildman–Crippen MR) is 69.4 cm³/mol. The standard InChI is InChI=1S/C12H13BrN2O2/c13-10-1-2-11(9(7-10)8-16)15-5-3-12(17)14-4-6-15/h1-2,7-8H,3-6H2,(H,14,17). The van der Waals surface area contributed by atoms with Crippen LogP contribution in [0.4, 0.5) is 5.69 Å². The number of aldehydes is 1. The third kappa shape index (κ3) is 2.85. The molecule has 1 aromatic carbocycles. The molecule has 1 amide bonds. The van der Waals surface area contributed by atoms with Crippen molar-refractivity contribution in [3.05, 3.63) is 28.2 Å². The van der Waals surface area contributed by atoms with Crippen LogP contribution in [0.25, 0.3) is 0 Å². The number of halogens is 1. The van der Waals surface area contributed by atoms with Crippen molar-refractivity contribution < 1.29 is 9.59 Å². The van der Waals surface area contributed by atoms with Crippen LogP contribution in [0, 0.1) is 0 Å². The van der Waals surface area contributed by atoms with Crippen molar-refractivity contribution in [1.82, 2.24) is 5.32 Å². The lowest BCUT2D eigenvalue weighted by Gasteiger charge is -2.23. The molecule has 2 rings (SSSR count). The van der Waals surface area contributed by atoms with Crippen molar-refractivity contribution in [2.75, 3.05) is 24.5 Å². The fourth-order valence-electron chi connectivity index (χ4n) is 1.92. The lowest BCUT2D eigenvalue weighted by Crippen LogP contribution is -2.29. The van der Waals surface area contributed by atoms with Crippen molar-refractivity contribution in [1.29, 1.82) is 0 Å². The largest absolute Gasteiger partial charge is 0.369 e. The summed E-state index contributed by atoms with van der Waals surface area (Å²) in [7, 11) is 0. The minimum absolute atomic E-state index is 0.0669. The van der Waals surface area contributed by atoms with E-state index in [9.17, 15) is 9.59 Å². The third-order valence-electron chi connectivity index (χ3n) is 2.77. The molecule has 0 atom stereocenters. The third-order valence-corrected chi connectivity index (χ3v) is 3.26. The lowest BCUT2D eigenvalue weighted by atomic mass is 10.1. The van der Waals surface area contributed by atoms with Crippen LogP contribution in [-0.2, 0) is 4.79 Å². The second kappa shape index (κ2) is 5.31. The summed E-state index contributed by atoms with van der Waals surface area (Å²) < 4.78 is 0.882. The van der Waals surface area contributed by atoms with E-state index in [4.69, 9.17) is 0 Å². The normalized spacial score (nSPS) is 16.3. The summed E-state index contributed by atoms with van der Waals surface area (Å²) in [5.41, 5.74) is 1.54. The molecule has 90 valence electrons. The quantitative estimate of drug-likeness (QED) is 0.843. The van der Waals surface area contributed by atoms with Crippen LogP contribution in [-0.4, -0.2) is 31.8 Å². The first-order chi connectivity index (χ1) is 8.20. The predicted octanol–water partition coefficient (Wildman–Crippen LogP) is 1.59. The van der Waals surface area contributed by atoms with E-state index in [1.54, 1.807) is 6.07 Å². The zero-order valence-corrected chi connectivity index (χ0v) is 10.9. The Hall–Kier alpha value is -1.36. The van der Waals surface area contributed by atoms with Crippen molar-refractivity contribution in [2.24, 2.45) is 0 Å². The zero-order chi connectivity index (χ0) is 12.3. The van der Waals surface area contributed by atoms with E-state index < -0.39 is 0 Å². The average Bonchev–Trinajstić information content (AvgIpc) is 2.54. The molecule has 0 radical (unpaired) electrons. The Morgan fingerprint density at radius 3 is 2.94 bits per heavy atom. The Kier molecular flexibility index (Phi) is 3.78. The Balaban J connectivity index is 2.26. The summed E-state index contributed by atoms with van der Waals surface area (Å²) in [6.07, 6.45) is 1.31. The van der Waals surface area contributed by atoms with Gasteiger partial charge in [0.2, 0.25) is 5.91 Å². The molecule has 0 spiro atoms. The molecule has 1 heterocycles. The molecule has 5 heteroatoms. The number of hydrogen-bond acceptors (Lipinski definition) is 3. The minimum atomic E-state index is 0.0669. The van der Waals surface area contributed by atoms with E-state index >= 15 is 0 Å². The SMILES string of the molecule is O=Cc1cc(Br)ccc1N1CCNC(=O)CC1. The van der Waals surface area contributed by atoms with Gasteiger partial charge in [0.1, 0.15) is 0 Å². The van der Waals surface area contributed by atoms with Gasteiger partial charge in [0.15, 0.2) is 6.29 Å². The summed E-state index contributed by atoms with van der Waals surface area (Å²) >= 11 is 3.34. The maximum atomic E-state index is 11.3. The summed E-state index contributed by atoms with van der Waals surface area (Å²) in [6, 6.07) is 5.61. The highest BCUT2D eigenvalue weighted by Crippen LogP contribution is 2.23. The number of hydrogen-bond donors (Lipinski definition) is 1. The summed E-state index contributed by atoms with van der Waals surface area (Å²) in [4.78, 5) is 24.4. The topological polar surface area (TPSA) is 49.4 Å². The van der Waals surface area contributed by atoms with Gasteiger partial charge in [0, 0.05) is 41.8 Å². The fourth-order valence-corrected chi connectivity index (χ4v) is 2.29. The number of anilines is 1. The van der Waals surface area contributed by atoms with Gasteiger partial charge in [-0.3, -0.25) is 9.59 Å². The second-order valence-electron chi connectivity index (χ2n) is 3.91. The Morgan fingerprint density at radius 1 is 1.35 bits per heavy atom. The zero-order valence-electron chi connectivity index (χ0n) is 9.28. The molecule has 0 aromatic heterocycles. The summed E-state index contributed by atoms with van der Waals surface area (Å²) in [5, 5.41) is 2.81. The molecule has 0 saturated carbocycles. The molecule has 1 saturated heterocycles. The second-order valence-corrected chi connectivity index (χ2v) is 4.82. The Labute approximate surface area is 108 Å². The molecule has 0 bridgehead atoms. The number of nitrogens with zero attached hydrogens (tertiary/aromatic N) is 1. The molecule has 17 heavy (non-hydrogen) atoms. The van der Waals surface area contributed by atoms with E-state index in [1.807, 2.05) is 12.1 Å². The van der Waals surface area contributed by atoms with E-state index in [1.165, 1.54) is 0 Å². The van der Waals surface area contributed by atoms with E-state index in [0.717, 1.165) is 23.0 Å². The molecular formula is C12H13BrN2O2. The van der Waals surface area contributed by atoms with Crippen LogP contribution >= 0.6 is 15.9 Å². The first-order valence-corrected chi connectivity index (χ1v) is 6.26. The van der Waals surface area contributed by atoms with Crippen LogP contribution in [0.15, 0.2) is 22.7 Å². The minimum Gasteiger partial charge on any atom is -0.369 e. The number of amides is 1. The fraction of sp³-hybridized carbons (Fsp3) is 0.333. The maximum Gasteiger partial charge on any atom is 0.221 e. The van der Waals surface area contributed by atoms with Gasteiger partial charge in [-0.2, -0.15) is 0 Å². The van der Waals surface area contributed by atoms with Gasteiger partial charge >= 0.3 is 0 Å². The number of nitrogens with one attached hydrogen (secondary N) is 1. The lowest BCUT2D eigenvalue weighted by molar-refractivity contribution is -0.120. The molecule has 0 unspecified atom stereocenters. The van der Waals surface area contributed by atoms with Crippen molar-refractivity contribution in [3.8, 4) is 0 Å². The van der Waals surface area contributed by atoms with Crippen LogP contribution in [0.3, 0.4) is 0 Å². The van der Waals surface area contributed by atoms with Crippen LogP contribution in [0.1, 0.15) is 16.8 Å². The number of carbonyl (C=O) groups is 2. The highest BCUT2D eigenvalue weighted by molar-refractivity contribution is 9.10. The number of benzene rings is 1. The van der Waals surface area contributed by atoms with Crippen molar-refractivity contribution in [2.45, 2.75) is 6.42 Å². The van der Waals surface area contributed by atoms with Gasteiger partial charge in [0.25, 0.3) is 0 Å². The van der Waals surface area contributed by atoms with E-state index in [-0.39, 0.29) is 5.91 Å². The highest BCUT2D eigenvalue weighted by Gasteiger charge is 2.16. The molecule has 1 aliphatic rings. The Morgan fingerprint density at radius 2 is 2.18 bits per heavy atom. The number of rotatable bonds is 2. The maximum absolute atomic E-state index is 11.3. The molecular weight excluding hydrogens is 284 g/mol. The Bertz CT molecular complexity index is 448. The molecule has 1 fully saturated rings. The smallest absolute Gasteiger partial charge is 0.221 e. The van der Waals surface area contributed by atoms with Gasteiger partial charge in [-0.25, -0.2) is 0 Å². The molecule has 4 nitrogen and oxygen atoms in total. The molecule has 1 aliphatic heterocycles. The van der Waals surface area contributed by atoms with Crippen molar-refractivity contribution in [3.63, 3.8) is 0 Å². The molecule has 1 N–H and O–H groups in total.